The summed E-state index contributed by atoms with van der Waals surface area (Å²) in [5.41, 5.74) is 1.12. The fourth-order valence-electron chi connectivity index (χ4n) is 2.52. The minimum absolute atomic E-state index is 0.114. The van der Waals surface area contributed by atoms with Gasteiger partial charge in [-0.05, 0) is 35.2 Å². The standard InChI is InChI=1S/C14H18N2O3S2/c17-13(18)12-9-21-6-4-15(12)14(19)16(11-1-2-11)7-10-3-5-20-8-10/h3,5,8,11-12H,1-2,4,6-7,9H2,(H,17,18). The number of carbonyl (C=O) groups excluding carboxylic acids is 1. The van der Waals surface area contributed by atoms with E-state index in [1.54, 1.807) is 28.0 Å². The van der Waals surface area contributed by atoms with Gasteiger partial charge in [0.15, 0.2) is 0 Å². The van der Waals surface area contributed by atoms with Gasteiger partial charge in [-0.2, -0.15) is 23.1 Å². The summed E-state index contributed by atoms with van der Waals surface area (Å²) in [4.78, 5) is 27.6. The molecule has 0 spiro atoms. The van der Waals surface area contributed by atoms with Crippen LogP contribution in [-0.4, -0.2) is 57.0 Å². The molecule has 1 aromatic heterocycles. The van der Waals surface area contributed by atoms with Gasteiger partial charge < -0.3 is 14.9 Å². The van der Waals surface area contributed by atoms with Crippen LogP contribution in [0, 0.1) is 0 Å². The number of aliphatic carboxylic acids is 1. The molecule has 2 aliphatic rings. The van der Waals surface area contributed by atoms with E-state index in [9.17, 15) is 14.7 Å². The summed E-state index contributed by atoms with van der Waals surface area (Å²) in [6.45, 7) is 1.11. The number of thiophene rings is 1. The van der Waals surface area contributed by atoms with Crippen molar-refractivity contribution in [3.8, 4) is 0 Å². The molecule has 2 fully saturated rings. The zero-order valence-corrected chi connectivity index (χ0v) is 13.2. The van der Waals surface area contributed by atoms with Crippen LogP contribution in [0.5, 0.6) is 0 Å². The van der Waals surface area contributed by atoms with E-state index in [4.69, 9.17) is 0 Å². The van der Waals surface area contributed by atoms with E-state index in [-0.39, 0.29) is 12.1 Å². The Hall–Kier alpha value is -1.21. The normalized spacial score (nSPS) is 22.1. The zero-order chi connectivity index (χ0) is 14.8. The number of nitrogens with zero attached hydrogens (tertiary/aromatic N) is 2. The Morgan fingerprint density at radius 2 is 2.24 bits per heavy atom. The molecule has 0 radical (unpaired) electrons. The minimum Gasteiger partial charge on any atom is -0.480 e. The van der Waals surface area contributed by atoms with Crippen molar-refractivity contribution in [3.63, 3.8) is 0 Å². The summed E-state index contributed by atoms with van der Waals surface area (Å²) in [6.07, 6.45) is 2.05. The van der Waals surface area contributed by atoms with Crippen molar-refractivity contribution in [1.29, 1.82) is 0 Å². The van der Waals surface area contributed by atoms with Crippen LogP contribution in [0.4, 0.5) is 4.79 Å². The Kier molecular flexibility index (Phi) is 4.40. The molecular weight excluding hydrogens is 308 g/mol. The number of carboxylic acid groups (broad SMARTS) is 1. The molecule has 1 aromatic rings. The number of thioether (sulfide) groups is 1. The van der Waals surface area contributed by atoms with Gasteiger partial charge in [-0.15, -0.1) is 0 Å². The van der Waals surface area contributed by atoms with Crippen molar-refractivity contribution >= 4 is 35.1 Å². The van der Waals surface area contributed by atoms with Gasteiger partial charge in [0.2, 0.25) is 0 Å². The number of urea groups is 1. The quantitative estimate of drug-likeness (QED) is 0.922. The highest BCUT2D eigenvalue weighted by Crippen LogP contribution is 2.31. The highest BCUT2D eigenvalue weighted by molar-refractivity contribution is 7.99. The van der Waals surface area contributed by atoms with Crippen LogP contribution >= 0.6 is 23.1 Å². The number of carbonyl (C=O) groups is 2. The monoisotopic (exact) mass is 326 g/mol. The van der Waals surface area contributed by atoms with Crippen molar-refractivity contribution < 1.29 is 14.7 Å². The first-order valence-electron chi connectivity index (χ1n) is 7.05. The van der Waals surface area contributed by atoms with Crippen molar-refractivity contribution in [1.82, 2.24) is 9.80 Å². The highest BCUT2D eigenvalue weighted by atomic mass is 32.2. The van der Waals surface area contributed by atoms with Crippen molar-refractivity contribution in [2.24, 2.45) is 0 Å². The van der Waals surface area contributed by atoms with Crippen LogP contribution in [0.2, 0.25) is 0 Å². The molecule has 1 N–H and O–H groups in total. The lowest BCUT2D eigenvalue weighted by Gasteiger charge is -2.36. The molecule has 114 valence electrons. The van der Waals surface area contributed by atoms with E-state index in [0.29, 0.717) is 18.8 Å². The fraction of sp³-hybridized carbons (Fsp3) is 0.571. The third-order valence-corrected chi connectivity index (χ3v) is 5.58. The molecule has 1 saturated carbocycles. The van der Waals surface area contributed by atoms with E-state index in [1.165, 1.54) is 0 Å². The van der Waals surface area contributed by atoms with E-state index in [2.05, 4.69) is 0 Å². The van der Waals surface area contributed by atoms with E-state index >= 15 is 0 Å². The average molecular weight is 326 g/mol. The number of hydrogen-bond acceptors (Lipinski definition) is 4. The molecule has 1 saturated heterocycles. The minimum atomic E-state index is -0.901. The van der Waals surface area contributed by atoms with Gasteiger partial charge in [0.1, 0.15) is 6.04 Å². The molecule has 1 atom stereocenters. The second-order valence-corrected chi connectivity index (χ2v) is 7.33. The number of amides is 2. The first-order chi connectivity index (χ1) is 10.2. The molecule has 1 aliphatic carbocycles. The summed E-state index contributed by atoms with van der Waals surface area (Å²) in [5, 5.41) is 13.4. The molecule has 7 heteroatoms. The maximum absolute atomic E-state index is 12.8. The first kappa shape index (κ1) is 14.7. The molecular formula is C14H18N2O3S2. The van der Waals surface area contributed by atoms with Gasteiger partial charge in [-0.3, -0.25) is 0 Å². The van der Waals surface area contributed by atoms with E-state index in [0.717, 1.165) is 24.2 Å². The van der Waals surface area contributed by atoms with Crippen LogP contribution in [-0.2, 0) is 11.3 Å². The lowest BCUT2D eigenvalue weighted by atomic mass is 10.2. The van der Waals surface area contributed by atoms with Crippen molar-refractivity contribution in [2.45, 2.75) is 31.5 Å². The maximum Gasteiger partial charge on any atom is 0.327 e. The Balaban J connectivity index is 1.75. The van der Waals surface area contributed by atoms with E-state index in [1.807, 2.05) is 21.7 Å². The summed E-state index contributed by atoms with van der Waals surface area (Å²) in [7, 11) is 0. The SMILES string of the molecule is O=C(O)C1CSCCN1C(=O)N(Cc1ccsc1)C1CC1. The first-order valence-corrected chi connectivity index (χ1v) is 9.15. The summed E-state index contributed by atoms with van der Waals surface area (Å²) in [5.74, 6) is 0.395. The van der Waals surface area contributed by atoms with Crippen molar-refractivity contribution in [2.75, 3.05) is 18.1 Å². The van der Waals surface area contributed by atoms with Crippen molar-refractivity contribution in [3.05, 3.63) is 22.4 Å². The maximum atomic E-state index is 12.8. The molecule has 21 heavy (non-hydrogen) atoms. The second-order valence-electron chi connectivity index (χ2n) is 5.40. The van der Waals surface area contributed by atoms with Crippen LogP contribution in [0.1, 0.15) is 18.4 Å². The number of hydrogen-bond donors (Lipinski definition) is 1. The summed E-state index contributed by atoms with van der Waals surface area (Å²) in [6, 6.07) is 1.49. The topological polar surface area (TPSA) is 60.9 Å². The predicted octanol–water partition coefficient (Wildman–Crippen LogP) is 2.33. The van der Waals surface area contributed by atoms with Gasteiger partial charge in [0, 0.05) is 30.6 Å². The summed E-state index contributed by atoms with van der Waals surface area (Å²) >= 11 is 3.22. The van der Waals surface area contributed by atoms with Crippen LogP contribution in [0.25, 0.3) is 0 Å². The van der Waals surface area contributed by atoms with Gasteiger partial charge in [-0.1, -0.05) is 0 Å². The Labute approximate surface area is 131 Å². The molecule has 1 unspecified atom stereocenters. The molecule has 0 bridgehead atoms. The van der Waals surface area contributed by atoms with Gasteiger partial charge in [0.05, 0.1) is 0 Å². The molecule has 3 rings (SSSR count). The fourth-order valence-corrected chi connectivity index (χ4v) is 4.22. The average Bonchev–Trinajstić information content (AvgIpc) is 3.20. The largest absolute Gasteiger partial charge is 0.480 e. The molecule has 0 aromatic carbocycles. The molecule has 1 aliphatic heterocycles. The van der Waals surface area contributed by atoms with Crippen LogP contribution in [0.15, 0.2) is 16.8 Å². The van der Waals surface area contributed by atoms with Gasteiger partial charge >= 0.3 is 12.0 Å². The second kappa shape index (κ2) is 6.27. The van der Waals surface area contributed by atoms with Gasteiger partial charge in [-0.25, -0.2) is 9.59 Å². The summed E-state index contributed by atoms with van der Waals surface area (Å²) < 4.78 is 0. The zero-order valence-electron chi connectivity index (χ0n) is 11.6. The third-order valence-electron chi connectivity index (χ3n) is 3.83. The van der Waals surface area contributed by atoms with Crippen LogP contribution in [0.3, 0.4) is 0 Å². The third kappa shape index (κ3) is 3.35. The van der Waals surface area contributed by atoms with Gasteiger partial charge in [0.25, 0.3) is 0 Å². The lowest BCUT2D eigenvalue weighted by molar-refractivity contribution is -0.141. The smallest absolute Gasteiger partial charge is 0.327 e. The molecule has 5 nitrogen and oxygen atoms in total. The number of carboxylic acids is 1. The molecule has 2 heterocycles. The van der Waals surface area contributed by atoms with Crippen LogP contribution < -0.4 is 0 Å². The Bertz CT molecular complexity index is 516. The molecule has 2 amide bonds. The predicted molar refractivity (Wildman–Crippen MR) is 83.7 cm³/mol. The van der Waals surface area contributed by atoms with E-state index < -0.39 is 12.0 Å². The Morgan fingerprint density at radius 3 is 2.86 bits per heavy atom. The number of rotatable bonds is 4. The highest BCUT2D eigenvalue weighted by Gasteiger charge is 2.39. The lowest BCUT2D eigenvalue weighted by Crippen LogP contribution is -2.55. The Morgan fingerprint density at radius 1 is 1.43 bits per heavy atom.